The van der Waals surface area contributed by atoms with Gasteiger partial charge in [0.25, 0.3) is 0 Å². The fraction of sp³-hybridized carbons (Fsp3) is 0.737. The van der Waals surface area contributed by atoms with Crippen LogP contribution in [-0.2, 0) is 4.79 Å². The Hall–Kier alpha value is -0.850. The fourth-order valence-corrected chi connectivity index (χ4v) is 5.92. The number of carbonyl (C=O) groups excluding carboxylic acids is 1. The normalized spacial score (nSPS) is 50.2. The minimum atomic E-state index is 0.342. The van der Waals surface area contributed by atoms with Crippen LogP contribution in [0, 0.1) is 35.0 Å². The number of ketones is 1. The maximum Gasteiger partial charge on any atom is 0.155 e. The molecule has 0 spiro atoms. The second-order valence-corrected chi connectivity index (χ2v) is 7.99. The summed E-state index contributed by atoms with van der Waals surface area (Å²) < 4.78 is 0. The molecule has 6 atom stereocenters. The Morgan fingerprint density at radius 3 is 2.90 bits per heavy atom. The van der Waals surface area contributed by atoms with Gasteiger partial charge in [0.2, 0.25) is 0 Å². The van der Waals surface area contributed by atoms with Gasteiger partial charge in [-0.3, -0.25) is 4.79 Å². The molecule has 1 nitrogen and oxygen atoms in total. The molecule has 0 bridgehead atoms. The lowest BCUT2D eigenvalue weighted by Gasteiger charge is -2.51. The van der Waals surface area contributed by atoms with Gasteiger partial charge < -0.3 is 0 Å². The number of hydrogen-bond acceptors (Lipinski definition) is 1. The summed E-state index contributed by atoms with van der Waals surface area (Å²) in [5.74, 6) is 4.42. The van der Waals surface area contributed by atoms with E-state index >= 15 is 0 Å². The molecule has 4 unspecified atom stereocenters. The molecule has 4 aliphatic rings. The first-order valence-corrected chi connectivity index (χ1v) is 8.52. The van der Waals surface area contributed by atoms with Crippen LogP contribution in [0.5, 0.6) is 0 Å². The summed E-state index contributed by atoms with van der Waals surface area (Å²) in [7, 11) is 0. The molecule has 0 aromatic carbocycles. The quantitative estimate of drug-likeness (QED) is 0.631. The average Bonchev–Trinajstić information content (AvgIpc) is 2.74. The molecule has 0 N–H and O–H groups in total. The fourth-order valence-electron chi connectivity index (χ4n) is 5.92. The third-order valence-electron chi connectivity index (χ3n) is 7.34. The van der Waals surface area contributed by atoms with Crippen LogP contribution in [0.25, 0.3) is 0 Å². The number of fused-ring (bicyclic) bond motifs is 5. The maximum absolute atomic E-state index is 11.6. The topological polar surface area (TPSA) is 17.1 Å². The third-order valence-corrected chi connectivity index (χ3v) is 7.34. The van der Waals surface area contributed by atoms with Gasteiger partial charge in [-0.2, -0.15) is 0 Å². The van der Waals surface area contributed by atoms with Gasteiger partial charge >= 0.3 is 0 Å². The monoisotopic (exact) mass is 270 g/mol. The predicted molar refractivity (Wildman–Crippen MR) is 81.2 cm³/mol. The molecule has 20 heavy (non-hydrogen) atoms. The Morgan fingerprint density at radius 1 is 1.20 bits per heavy atom. The number of allylic oxidation sites excluding steroid dienone is 4. The van der Waals surface area contributed by atoms with Crippen LogP contribution in [-0.4, -0.2) is 5.78 Å². The lowest BCUT2D eigenvalue weighted by atomic mass is 9.53. The van der Waals surface area contributed by atoms with Crippen LogP contribution in [0.3, 0.4) is 0 Å². The van der Waals surface area contributed by atoms with Crippen molar-refractivity contribution in [2.24, 2.45) is 35.0 Å². The van der Waals surface area contributed by atoms with Crippen LogP contribution in [0.1, 0.15) is 52.4 Å². The summed E-state index contributed by atoms with van der Waals surface area (Å²) in [5.41, 5.74) is 1.93. The lowest BCUT2D eigenvalue weighted by Crippen LogP contribution is -2.44. The minimum absolute atomic E-state index is 0.342. The Balaban J connectivity index is 1.69. The van der Waals surface area contributed by atoms with Crippen LogP contribution in [0.15, 0.2) is 23.8 Å². The highest BCUT2D eigenvalue weighted by Crippen LogP contribution is 2.62. The standard InChI is InChI=1S/C19H26O/c1-12-3-8-18-17-6-4-13-11-14(20)5-7-15(13)16(17)9-10-19(12,18)2/h4,6,11-12,15-18H,3,5,7-10H2,1-2H3/t12-,15?,16?,17?,18?,19+/m0/s1. The molecule has 1 heteroatoms. The minimum Gasteiger partial charge on any atom is -0.295 e. The van der Waals surface area contributed by atoms with E-state index in [0.29, 0.717) is 17.1 Å². The molecular formula is C19H26O. The molecule has 108 valence electrons. The number of carbonyl (C=O) groups is 1. The van der Waals surface area contributed by atoms with E-state index in [9.17, 15) is 4.79 Å². The van der Waals surface area contributed by atoms with E-state index in [1.807, 2.05) is 6.08 Å². The van der Waals surface area contributed by atoms with E-state index in [4.69, 9.17) is 0 Å². The molecule has 0 heterocycles. The highest BCUT2D eigenvalue weighted by atomic mass is 16.1. The van der Waals surface area contributed by atoms with Gasteiger partial charge in [0, 0.05) is 6.42 Å². The van der Waals surface area contributed by atoms with Crippen molar-refractivity contribution in [2.75, 3.05) is 0 Å². The highest BCUT2D eigenvalue weighted by molar-refractivity contribution is 5.91. The van der Waals surface area contributed by atoms with E-state index < -0.39 is 0 Å². The van der Waals surface area contributed by atoms with E-state index in [0.717, 1.165) is 36.5 Å². The Morgan fingerprint density at radius 2 is 2.05 bits per heavy atom. The van der Waals surface area contributed by atoms with Crippen molar-refractivity contribution in [3.8, 4) is 0 Å². The van der Waals surface area contributed by atoms with Gasteiger partial charge in [0.15, 0.2) is 5.78 Å². The van der Waals surface area contributed by atoms with Gasteiger partial charge in [-0.15, -0.1) is 0 Å². The summed E-state index contributed by atoms with van der Waals surface area (Å²) in [4.78, 5) is 11.6. The Kier molecular flexibility index (Phi) is 2.78. The van der Waals surface area contributed by atoms with Crippen molar-refractivity contribution in [2.45, 2.75) is 52.4 Å². The largest absolute Gasteiger partial charge is 0.295 e. The molecule has 0 radical (unpaired) electrons. The van der Waals surface area contributed by atoms with Crippen molar-refractivity contribution in [3.63, 3.8) is 0 Å². The van der Waals surface area contributed by atoms with E-state index in [1.54, 1.807) is 0 Å². The molecule has 4 aliphatic carbocycles. The van der Waals surface area contributed by atoms with Crippen molar-refractivity contribution < 1.29 is 4.79 Å². The summed E-state index contributed by atoms with van der Waals surface area (Å²) in [6.45, 7) is 5.02. The van der Waals surface area contributed by atoms with Crippen molar-refractivity contribution in [3.05, 3.63) is 23.8 Å². The smallest absolute Gasteiger partial charge is 0.155 e. The lowest BCUT2D eigenvalue weighted by molar-refractivity contribution is -0.115. The first-order chi connectivity index (χ1) is 9.59. The van der Waals surface area contributed by atoms with E-state index in [1.165, 1.54) is 31.3 Å². The molecule has 2 fully saturated rings. The zero-order chi connectivity index (χ0) is 13.9. The molecule has 2 saturated carbocycles. The van der Waals surface area contributed by atoms with Gasteiger partial charge in [-0.1, -0.05) is 26.0 Å². The van der Waals surface area contributed by atoms with E-state index in [2.05, 4.69) is 26.0 Å². The van der Waals surface area contributed by atoms with Gasteiger partial charge in [0.05, 0.1) is 0 Å². The first kappa shape index (κ1) is 12.9. The van der Waals surface area contributed by atoms with Crippen LogP contribution < -0.4 is 0 Å². The summed E-state index contributed by atoms with van der Waals surface area (Å²) >= 11 is 0. The molecule has 0 aliphatic heterocycles. The van der Waals surface area contributed by atoms with Crippen molar-refractivity contribution in [1.82, 2.24) is 0 Å². The van der Waals surface area contributed by atoms with Crippen LogP contribution >= 0.6 is 0 Å². The second-order valence-electron chi connectivity index (χ2n) is 7.99. The van der Waals surface area contributed by atoms with Crippen LogP contribution in [0.2, 0.25) is 0 Å². The summed E-state index contributed by atoms with van der Waals surface area (Å²) in [6.07, 6.45) is 14.2. The number of hydrogen-bond donors (Lipinski definition) is 0. The highest BCUT2D eigenvalue weighted by Gasteiger charge is 2.53. The Labute approximate surface area is 122 Å². The number of rotatable bonds is 0. The van der Waals surface area contributed by atoms with Crippen LogP contribution in [0.4, 0.5) is 0 Å². The SMILES string of the molecule is C[C@H]1CCC2C3C=CC4=CC(=O)CCC4C3CC[C@@]21C. The molecule has 0 amide bonds. The Bertz CT molecular complexity index is 500. The van der Waals surface area contributed by atoms with Crippen molar-refractivity contribution in [1.29, 1.82) is 0 Å². The van der Waals surface area contributed by atoms with Gasteiger partial charge in [-0.25, -0.2) is 0 Å². The second kappa shape index (κ2) is 4.32. The molecule has 0 aromatic heterocycles. The molecule has 4 rings (SSSR count). The van der Waals surface area contributed by atoms with Gasteiger partial charge in [-0.05, 0) is 78.8 Å². The maximum atomic E-state index is 11.6. The third kappa shape index (κ3) is 1.64. The summed E-state index contributed by atoms with van der Waals surface area (Å²) in [5, 5.41) is 0. The zero-order valence-corrected chi connectivity index (χ0v) is 12.8. The molecular weight excluding hydrogens is 244 g/mol. The summed E-state index contributed by atoms with van der Waals surface area (Å²) in [6, 6.07) is 0. The molecule has 0 saturated heterocycles. The van der Waals surface area contributed by atoms with Crippen molar-refractivity contribution >= 4 is 5.78 Å². The van der Waals surface area contributed by atoms with Gasteiger partial charge in [0.1, 0.15) is 0 Å². The average molecular weight is 270 g/mol. The van der Waals surface area contributed by atoms with E-state index in [-0.39, 0.29) is 0 Å². The molecule has 0 aromatic rings. The zero-order valence-electron chi connectivity index (χ0n) is 12.8. The first-order valence-electron chi connectivity index (χ1n) is 8.52. The predicted octanol–water partition coefficient (Wildman–Crippen LogP) is 4.54.